The highest BCUT2D eigenvalue weighted by Gasteiger charge is 2.14. The molecule has 1 aliphatic carbocycles. The van der Waals surface area contributed by atoms with Gasteiger partial charge in [-0.25, -0.2) is 4.39 Å². The van der Waals surface area contributed by atoms with Gasteiger partial charge in [0.05, 0.1) is 5.33 Å². The van der Waals surface area contributed by atoms with E-state index in [9.17, 15) is 9.18 Å². The van der Waals surface area contributed by atoms with Crippen LogP contribution in [0.25, 0.3) is 0 Å². The average molecular weight is 219 g/mol. The lowest BCUT2D eigenvalue weighted by atomic mass is 10.0. The molecule has 0 radical (unpaired) electrons. The second-order valence-corrected chi connectivity index (χ2v) is 2.86. The van der Waals surface area contributed by atoms with Crippen LogP contribution in [0.3, 0.4) is 0 Å². The maximum atomic E-state index is 12.8. The lowest BCUT2D eigenvalue weighted by Gasteiger charge is -2.05. The zero-order chi connectivity index (χ0) is 8.27. The Morgan fingerprint density at radius 2 is 2.18 bits per heavy atom. The zero-order valence-corrected chi connectivity index (χ0v) is 7.53. The van der Waals surface area contributed by atoms with E-state index in [1.807, 2.05) is 0 Å². The fourth-order valence-corrected chi connectivity index (χ4v) is 1.27. The van der Waals surface area contributed by atoms with Crippen LogP contribution >= 0.6 is 15.9 Å². The Labute approximate surface area is 73.1 Å². The molecule has 0 saturated carbocycles. The van der Waals surface area contributed by atoms with E-state index in [-0.39, 0.29) is 22.5 Å². The van der Waals surface area contributed by atoms with E-state index in [4.69, 9.17) is 0 Å². The Balaban J connectivity index is 2.78. The van der Waals surface area contributed by atoms with Gasteiger partial charge in [-0.15, -0.1) is 0 Å². The van der Waals surface area contributed by atoms with Crippen molar-refractivity contribution >= 4 is 21.7 Å². The number of carbonyl (C=O) groups excluding carboxylic acids is 1. The molecule has 0 aliphatic heterocycles. The average Bonchev–Trinajstić information content (AvgIpc) is 2.04. The van der Waals surface area contributed by atoms with E-state index in [1.54, 1.807) is 6.08 Å². The normalized spacial score (nSPS) is 17.3. The topological polar surface area (TPSA) is 17.1 Å². The van der Waals surface area contributed by atoms with Gasteiger partial charge in [-0.1, -0.05) is 22.0 Å². The van der Waals surface area contributed by atoms with Crippen LogP contribution in [0.15, 0.2) is 23.6 Å². The van der Waals surface area contributed by atoms with Crippen LogP contribution < -0.4 is 0 Å². The van der Waals surface area contributed by atoms with E-state index in [1.165, 1.54) is 6.08 Å². The quantitative estimate of drug-likeness (QED) is 0.652. The van der Waals surface area contributed by atoms with Crippen LogP contribution in [-0.2, 0) is 4.79 Å². The van der Waals surface area contributed by atoms with Gasteiger partial charge in [0, 0.05) is 5.57 Å². The molecule has 0 saturated heterocycles. The molecule has 1 aliphatic rings. The fraction of sp³-hybridized carbons (Fsp3) is 0.375. The molecule has 0 atom stereocenters. The number of rotatable bonds is 2. The van der Waals surface area contributed by atoms with Gasteiger partial charge in [-0.2, -0.15) is 0 Å². The summed E-state index contributed by atoms with van der Waals surface area (Å²) in [4.78, 5) is 11.0. The summed E-state index contributed by atoms with van der Waals surface area (Å²) in [5.41, 5.74) is 0.230. The Bertz CT molecular complexity index is 230. The predicted molar refractivity (Wildman–Crippen MR) is 45.3 cm³/mol. The van der Waals surface area contributed by atoms with Crippen LogP contribution in [0, 0.1) is 0 Å². The van der Waals surface area contributed by atoms with E-state index in [0.29, 0.717) is 6.42 Å². The van der Waals surface area contributed by atoms with Gasteiger partial charge in [0.15, 0.2) is 5.78 Å². The van der Waals surface area contributed by atoms with Gasteiger partial charge in [-0.3, -0.25) is 4.79 Å². The third-order valence-electron chi connectivity index (χ3n) is 1.52. The number of hydrogen-bond acceptors (Lipinski definition) is 1. The third-order valence-corrected chi connectivity index (χ3v) is 2.03. The summed E-state index contributed by atoms with van der Waals surface area (Å²) in [6.45, 7) is 0. The van der Waals surface area contributed by atoms with E-state index >= 15 is 0 Å². The minimum Gasteiger partial charge on any atom is -0.293 e. The maximum absolute atomic E-state index is 12.8. The molecule has 0 aromatic rings. The van der Waals surface area contributed by atoms with Crippen molar-refractivity contribution in [3.63, 3.8) is 0 Å². The monoisotopic (exact) mass is 218 g/mol. The summed E-state index contributed by atoms with van der Waals surface area (Å²) in [6.07, 6.45) is 4.57. The minimum atomic E-state index is -0.374. The molecule has 0 heterocycles. The van der Waals surface area contributed by atoms with Crippen molar-refractivity contribution < 1.29 is 9.18 Å². The smallest absolute Gasteiger partial charge is 0.175 e. The molecule has 3 heteroatoms. The first-order valence-corrected chi connectivity index (χ1v) is 4.53. The molecule has 0 aromatic carbocycles. The van der Waals surface area contributed by atoms with Gasteiger partial charge < -0.3 is 0 Å². The first kappa shape index (κ1) is 8.65. The number of ketones is 1. The first-order chi connectivity index (χ1) is 5.25. The maximum Gasteiger partial charge on any atom is 0.175 e. The van der Waals surface area contributed by atoms with Crippen LogP contribution in [-0.4, -0.2) is 11.1 Å². The molecular weight excluding hydrogens is 211 g/mol. The molecule has 0 amide bonds. The summed E-state index contributed by atoms with van der Waals surface area (Å²) in [6, 6.07) is 0. The Morgan fingerprint density at radius 3 is 2.73 bits per heavy atom. The van der Waals surface area contributed by atoms with Crippen molar-refractivity contribution in [2.75, 3.05) is 5.33 Å². The van der Waals surface area contributed by atoms with Crippen molar-refractivity contribution in [2.45, 2.75) is 12.8 Å². The molecule has 0 N–H and O–H groups in total. The Kier molecular flexibility index (Phi) is 3.00. The number of allylic oxidation sites excluding steroid dienone is 4. The van der Waals surface area contributed by atoms with Crippen molar-refractivity contribution in [3.8, 4) is 0 Å². The van der Waals surface area contributed by atoms with E-state index in [2.05, 4.69) is 15.9 Å². The minimum absolute atomic E-state index is 0.182. The molecular formula is C8H8BrFO. The van der Waals surface area contributed by atoms with Crippen molar-refractivity contribution in [3.05, 3.63) is 23.6 Å². The standard InChI is InChI=1S/C8H8BrFO/c9-5-8(11)6-3-1-2-4-7(6)10/h3-4H,1-2,5H2. The summed E-state index contributed by atoms with van der Waals surface area (Å²) in [5.74, 6) is -0.556. The summed E-state index contributed by atoms with van der Waals surface area (Å²) in [5, 5.41) is 0.195. The molecule has 1 rings (SSSR count). The van der Waals surface area contributed by atoms with Gasteiger partial charge in [0.25, 0.3) is 0 Å². The van der Waals surface area contributed by atoms with Crippen LogP contribution in [0.4, 0.5) is 4.39 Å². The summed E-state index contributed by atoms with van der Waals surface area (Å²) >= 11 is 2.99. The summed E-state index contributed by atoms with van der Waals surface area (Å²) in [7, 11) is 0. The van der Waals surface area contributed by atoms with E-state index in [0.717, 1.165) is 6.42 Å². The molecule has 0 aromatic heterocycles. The second kappa shape index (κ2) is 3.81. The predicted octanol–water partition coefficient (Wildman–Crippen LogP) is 2.52. The zero-order valence-electron chi connectivity index (χ0n) is 5.94. The second-order valence-electron chi connectivity index (χ2n) is 2.30. The largest absolute Gasteiger partial charge is 0.293 e. The number of alkyl halides is 1. The highest BCUT2D eigenvalue weighted by molar-refractivity contribution is 9.09. The highest BCUT2D eigenvalue weighted by atomic mass is 79.9. The van der Waals surface area contributed by atoms with Crippen molar-refractivity contribution in [2.24, 2.45) is 0 Å². The molecule has 0 bridgehead atoms. The summed E-state index contributed by atoms with van der Waals surface area (Å²) < 4.78 is 12.8. The molecule has 1 nitrogen and oxygen atoms in total. The van der Waals surface area contributed by atoms with Gasteiger partial charge in [0.2, 0.25) is 0 Å². The lowest BCUT2D eigenvalue weighted by molar-refractivity contribution is -0.113. The van der Waals surface area contributed by atoms with E-state index < -0.39 is 0 Å². The Morgan fingerprint density at radius 1 is 1.55 bits per heavy atom. The molecule has 11 heavy (non-hydrogen) atoms. The highest BCUT2D eigenvalue weighted by Crippen LogP contribution is 2.20. The Hall–Kier alpha value is -0.440. The van der Waals surface area contributed by atoms with Gasteiger partial charge >= 0.3 is 0 Å². The number of hydrogen-bond donors (Lipinski definition) is 0. The van der Waals surface area contributed by atoms with Crippen molar-refractivity contribution in [1.82, 2.24) is 0 Å². The van der Waals surface area contributed by atoms with Gasteiger partial charge in [-0.05, 0) is 18.9 Å². The van der Waals surface area contributed by atoms with Crippen LogP contribution in [0.2, 0.25) is 0 Å². The third kappa shape index (κ3) is 1.99. The number of halogens is 2. The number of Topliss-reactive ketones (excluding diaryl/α,β-unsaturated/α-hetero) is 1. The number of carbonyl (C=O) groups is 1. The first-order valence-electron chi connectivity index (χ1n) is 3.41. The molecule has 0 spiro atoms. The molecule has 0 unspecified atom stereocenters. The van der Waals surface area contributed by atoms with Crippen molar-refractivity contribution in [1.29, 1.82) is 0 Å². The molecule has 60 valence electrons. The molecule has 0 fully saturated rings. The van der Waals surface area contributed by atoms with Crippen LogP contribution in [0.1, 0.15) is 12.8 Å². The van der Waals surface area contributed by atoms with Crippen LogP contribution in [0.5, 0.6) is 0 Å². The van der Waals surface area contributed by atoms with Gasteiger partial charge in [0.1, 0.15) is 5.83 Å². The lowest BCUT2D eigenvalue weighted by Crippen LogP contribution is -2.06. The fourth-order valence-electron chi connectivity index (χ4n) is 0.964. The SMILES string of the molecule is O=C(CBr)C1=CCCC=C1F.